The van der Waals surface area contributed by atoms with E-state index in [1.807, 2.05) is 6.07 Å². The molecular weight excluding hydrogens is 304 g/mol. The second-order valence-corrected chi connectivity index (χ2v) is 4.76. The van der Waals surface area contributed by atoms with Gasteiger partial charge >= 0.3 is 5.97 Å². The number of nitriles is 1. The van der Waals surface area contributed by atoms with Gasteiger partial charge in [-0.3, -0.25) is 4.79 Å². The van der Waals surface area contributed by atoms with E-state index in [0.29, 0.717) is 21.8 Å². The Labute approximate surface area is 132 Å². The summed E-state index contributed by atoms with van der Waals surface area (Å²) in [6.45, 7) is 0. The van der Waals surface area contributed by atoms with Crippen LogP contribution in [0.4, 0.5) is 5.69 Å². The molecule has 0 saturated heterocycles. The SMILES string of the molecule is COC(=O)c1cc(Cl)ccc1NC(=O)c1ccc(C#N)cc1. The lowest BCUT2D eigenvalue weighted by molar-refractivity contribution is 0.0602. The standard InChI is InChI=1S/C16H11ClN2O3/c1-22-16(21)13-8-12(17)6-7-14(13)19-15(20)11-4-2-10(9-18)3-5-11/h2-8H,1H3,(H,19,20). The van der Waals surface area contributed by atoms with E-state index in [9.17, 15) is 9.59 Å². The van der Waals surface area contributed by atoms with Gasteiger partial charge in [-0.15, -0.1) is 0 Å². The van der Waals surface area contributed by atoms with Gasteiger partial charge in [-0.25, -0.2) is 4.79 Å². The summed E-state index contributed by atoms with van der Waals surface area (Å²) in [5.41, 5.74) is 1.28. The monoisotopic (exact) mass is 314 g/mol. The number of benzene rings is 2. The Morgan fingerprint density at radius 3 is 2.45 bits per heavy atom. The Balaban J connectivity index is 2.28. The molecule has 2 rings (SSSR count). The van der Waals surface area contributed by atoms with Crippen LogP contribution in [0.1, 0.15) is 26.3 Å². The van der Waals surface area contributed by atoms with Gasteiger partial charge in [0, 0.05) is 10.6 Å². The first-order valence-electron chi connectivity index (χ1n) is 6.24. The van der Waals surface area contributed by atoms with Crippen molar-refractivity contribution in [3.63, 3.8) is 0 Å². The van der Waals surface area contributed by atoms with E-state index in [2.05, 4.69) is 10.1 Å². The van der Waals surface area contributed by atoms with Crippen molar-refractivity contribution in [3.8, 4) is 6.07 Å². The van der Waals surface area contributed by atoms with E-state index < -0.39 is 11.9 Å². The van der Waals surface area contributed by atoms with Gasteiger partial charge in [-0.05, 0) is 42.5 Å². The number of carbonyl (C=O) groups is 2. The van der Waals surface area contributed by atoms with Crippen molar-refractivity contribution in [2.75, 3.05) is 12.4 Å². The van der Waals surface area contributed by atoms with Crippen molar-refractivity contribution in [2.24, 2.45) is 0 Å². The van der Waals surface area contributed by atoms with Crippen molar-refractivity contribution < 1.29 is 14.3 Å². The van der Waals surface area contributed by atoms with Gasteiger partial charge in [0.25, 0.3) is 5.91 Å². The van der Waals surface area contributed by atoms with Crippen LogP contribution in [-0.4, -0.2) is 19.0 Å². The molecule has 0 heterocycles. The third kappa shape index (κ3) is 3.43. The zero-order chi connectivity index (χ0) is 16.1. The number of methoxy groups -OCH3 is 1. The Hall–Kier alpha value is -2.84. The number of carbonyl (C=O) groups excluding carboxylic acids is 2. The largest absolute Gasteiger partial charge is 0.465 e. The zero-order valence-electron chi connectivity index (χ0n) is 11.6. The lowest BCUT2D eigenvalue weighted by Crippen LogP contribution is -2.15. The summed E-state index contributed by atoms with van der Waals surface area (Å²) in [7, 11) is 1.25. The fourth-order valence-corrected chi connectivity index (χ4v) is 1.97. The predicted octanol–water partition coefficient (Wildman–Crippen LogP) is 3.25. The fraction of sp³-hybridized carbons (Fsp3) is 0.0625. The first-order valence-corrected chi connectivity index (χ1v) is 6.62. The maximum Gasteiger partial charge on any atom is 0.340 e. The molecule has 0 aromatic heterocycles. The van der Waals surface area contributed by atoms with Crippen molar-refractivity contribution in [1.82, 2.24) is 0 Å². The number of esters is 1. The number of halogens is 1. The van der Waals surface area contributed by atoms with Gasteiger partial charge in [-0.1, -0.05) is 11.6 Å². The molecule has 0 unspecified atom stereocenters. The Morgan fingerprint density at radius 2 is 1.86 bits per heavy atom. The lowest BCUT2D eigenvalue weighted by Gasteiger charge is -2.10. The molecule has 1 N–H and O–H groups in total. The van der Waals surface area contributed by atoms with E-state index in [-0.39, 0.29) is 5.56 Å². The summed E-state index contributed by atoms with van der Waals surface area (Å²) in [6, 6.07) is 12.6. The maximum absolute atomic E-state index is 12.2. The molecular formula is C16H11ClN2O3. The minimum Gasteiger partial charge on any atom is -0.465 e. The molecule has 5 nitrogen and oxygen atoms in total. The van der Waals surface area contributed by atoms with Crippen LogP contribution >= 0.6 is 11.6 Å². The smallest absolute Gasteiger partial charge is 0.340 e. The molecule has 0 saturated carbocycles. The molecule has 22 heavy (non-hydrogen) atoms. The highest BCUT2D eigenvalue weighted by atomic mass is 35.5. The number of hydrogen-bond acceptors (Lipinski definition) is 4. The number of hydrogen-bond donors (Lipinski definition) is 1. The number of ether oxygens (including phenoxy) is 1. The zero-order valence-corrected chi connectivity index (χ0v) is 12.3. The van der Waals surface area contributed by atoms with Crippen LogP contribution in [-0.2, 0) is 4.74 Å². The first-order chi connectivity index (χ1) is 10.5. The van der Waals surface area contributed by atoms with Gasteiger partial charge in [0.1, 0.15) is 0 Å². The van der Waals surface area contributed by atoms with Crippen LogP contribution in [0.2, 0.25) is 5.02 Å². The second-order valence-electron chi connectivity index (χ2n) is 4.32. The third-order valence-corrected chi connectivity index (χ3v) is 3.15. The topological polar surface area (TPSA) is 79.2 Å². The molecule has 0 bridgehead atoms. The molecule has 0 aliphatic heterocycles. The molecule has 0 spiro atoms. The summed E-state index contributed by atoms with van der Waals surface area (Å²) < 4.78 is 4.66. The number of rotatable bonds is 3. The molecule has 0 fully saturated rings. The Kier molecular flexibility index (Phi) is 4.77. The molecule has 0 aliphatic rings. The van der Waals surface area contributed by atoms with Gasteiger partial charge < -0.3 is 10.1 Å². The Morgan fingerprint density at radius 1 is 1.18 bits per heavy atom. The van der Waals surface area contributed by atoms with Gasteiger partial charge in [0.15, 0.2) is 0 Å². The normalized spacial score (nSPS) is 9.68. The first kappa shape index (κ1) is 15.5. The summed E-state index contributed by atoms with van der Waals surface area (Å²) in [5.74, 6) is -1.01. The summed E-state index contributed by atoms with van der Waals surface area (Å²) in [4.78, 5) is 23.9. The number of nitrogens with one attached hydrogen (secondary N) is 1. The van der Waals surface area contributed by atoms with Crippen LogP contribution in [0.3, 0.4) is 0 Å². The molecule has 0 atom stereocenters. The van der Waals surface area contributed by atoms with E-state index in [4.69, 9.17) is 16.9 Å². The fourth-order valence-electron chi connectivity index (χ4n) is 1.79. The minimum atomic E-state index is -0.599. The van der Waals surface area contributed by atoms with Crippen LogP contribution in [0, 0.1) is 11.3 Å². The second kappa shape index (κ2) is 6.74. The van der Waals surface area contributed by atoms with Crippen LogP contribution in [0.5, 0.6) is 0 Å². The van der Waals surface area contributed by atoms with E-state index in [1.165, 1.54) is 43.5 Å². The highest BCUT2D eigenvalue weighted by molar-refractivity contribution is 6.31. The number of nitrogens with zero attached hydrogens (tertiary/aromatic N) is 1. The average Bonchev–Trinajstić information content (AvgIpc) is 2.55. The molecule has 1 amide bonds. The molecule has 6 heteroatoms. The number of anilines is 1. The molecule has 2 aromatic carbocycles. The minimum absolute atomic E-state index is 0.164. The van der Waals surface area contributed by atoms with Crippen LogP contribution < -0.4 is 5.32 Å². The molecule has 110 valence electrons. The van der Waals surface area contributed by atoms with Gasteiger partial charge in [0.05, 0.1) is 30.0 Å². The third-order valence-electron chi connectivity index (χ3n) is 2.91. The maximum atomic E-state index is 12.2. The molecule has 0 radical (unpaired) electrons. The quantitative estimate of drug-likeness (QED) is 0.882. The van der Waals surface area contributed by atoms with Gasteiger partial charge in [-0.2, -0.15) is 5.26 Å². The summed E-state index contributed by atoms with van der Waals surface area (Å²) in [5, 5.41) is 11.7. The molecule has 2 aromatic rings. The average molecular weight is 315 g/mol. The van der Waals surface area contributed by atoms with E-state index in [0.717, 1.165) is 0 Å². The van der Waals surface area contributed by atoms with Crippen molar-refractivity contribution in [3.05, 3.63) is 64.2 Å². The summed E-state index contributed by atoms with van der Waals surface area (Å²) in [6.07, 6.45) is 0. The summed E-state index contributed by atoms with van der Waals surface area (Å²) >= 11 is 5.85. The lowest BCUT2D eigenvalue weighted by atomic mass is 10.1. The van der Waals surface area contributed by atoms with Gasteiger partial charge in [0.2, 0.25) is 0 Å². The number of amides is 1. The van der Waals surface area contributed by atoms with Crippen molar-refractivity contribution in [2.45, 2.75) is 0 Å². The van der Waals surface area contributed by atoms with Crippen molar-refractivity contribution >= 4 is 29.2 Å². The highest BCUT2D eigenvalue weighted by Crippen LogP contribution is 2.22. The predicted molar refractivity (Wildman–Crippen MR) is 81.9 cm³/mol. The van der Waals surface area contributed by atoms with E-state index in [1.54, 1.807) is 6.07 Å². The highest BCUT2D eigenvalue weighted by Gasteiger charge is 2.15. The molecule has 0 aliphatic carbocycles. The van der Waals surface area contributed by atoms with Crippen LogP contribution in [0.25, 0.3) is 0 Å². The van der Waals surface area contributed by atoms with Crippen LogP contribution in [0.15, 0.2) is 42.5 Å². The van der Waals surface area contributed by atoms with Crippen molar-refractivity contribution in [1.29, 1.82) is 5.26 Å². The van der Waals surface area contributed by atoms with E-state index >= 15 is 0 Å². The Bertz CT molecular complexity index is 764.